The van der Waals surface area contributed by atoms with E-state index in [4.69, 9.17) is 9.73 Å². The molecule has 0 aromatic heterocycles. The Labute approximate surface area is 154 Å². The zero-order valence-corrected chi connectivity index (χ0v) is 15.6. The maximum absolute atomic E-state index is 12.7. The van der Waals surface area contributed by atoms with E-state index < -0.39 is 17.9 Å². The van der Waals surface area contributed by atoms with Gasteiger partial charge in [-0.15, -0.1) is 0 Å². The fraction of sp³-hybridized carbons (Fsp3) is 0.526. The van der Waals surface area contributed by atoms with E-state index in [-0.39, 0.29) is 12.5 Å². The Hall–Kier alpha value is -2.41. The Morgan fingerprint density at radius 2 is 1.88 bits per heavy atom. The summed E-state index contributed by atoms with van der Waals surface area (Å²) in [6.45, 7) is 7.37. The van der Waals surface area contributed by atoms with E-state index in [0.717, 1.165) is 37.3 Å². The fourth-order valence-electron chi connectivity index (χ4n) is 3.25. The van der Waals surface area contributed by atoms with Crippen molar-refractivity contribution < 1.29 is 14.3 Å². The average molecular weight is 358 g/mol. The quantitative estimate of drug-likeness (QED) is 0.643. The van der Waals surface area contributed by atoms with Crippen molar-refractivity contribution in [2.75, 3.05) is 39.8 Å². The Bertz CT molecular complexity index is 693. The molecule has 1 fully saturated rings. The summed E-state index contributed by atoms with van der Waals surface area (Å²) in [6, 6.07) is 7.22. The number of benzene rings is 1. The molecule has 0 spiro atoms. The number of aliphatic imine (C=N–C) groups is 1. The topological polar surface area (TPSA) is 74.2 Å². The van der Waals surface area contributed by atoms with Gasteiger partial charge in [0.2, 0.25) is 11.9 Å². The van der Waals surface area contributed by atoms with Gasteiger partial charge in [0.1, 0.15) is 6.04 Å². The average Bonchev–Trinajstić information content (AvgIpc) is 2.62. The standard InChI is InChI=1S/C19H26N4O3/c1-4-26-18(25)15-16(14-7-5-13(2)6-8-14)20-19(21-17(15)24)23-11-9-22(3)10-12-23/h5-8,15-16H,4,9-12H2,1-3H3,(H,20,21,24). The Morgan fingerprint density at radius 1 is 1.23 bits per heavy atom. The van der Waals surface area contributed by atoms with Crippen LogP contribution in [0.15, 0.2) is 29.3 Å². The predicted octanol–water partition coefficient (Wildman–Crippen LogP) is 0.949. The number of hydrogen-bond donors (Lipinski definition) is 1. The van der Waals surface area contributed by atoms with Crippen LogP contribution in [-0.4, -0.2) is 67.5 Å². The molecule has 2 atom stereocenters. The largest absolute Gasteiger partial charge is 0.465 e. The lowest BCUT2D eigenvalue weighted by molar-refractivity contribution is -0.153. The first-order valence-corrected chi connectivity index (χ1v) is 9.05. The van der Waals surface area contributed by atoms with Crippen LogP contribution in [0.3, 0.4) is 0 Å². The maximum Gasteiger partial charge on any atom is 0.321 e. The van der Waals surface area contributed by atoms with Gasteiger partial charge in [0.15, 0.2) is 5.92 Å². The van der Waals surface area contributed by atoms with Crippen LogP contribution in [-0.2, 0) is 14.3 Å². The summed E-state index contributed by atoms with van der Waals surface area (Å²) in [6.07, 6.45) is 0. The van der Waals surface area contributed by atoms with Crippen molar-refractivity contribution in [2.45, 2.75) is 19.9 Å². The summed E-state index contributed by atoms with van der Waals surface area (Å²) >= 11 is 0. The lowest BCUT2D eigenvalue weighted by Gasteiger charge is -2.37. The van der Waals surface area contributed by atoms with E-state index in [1.165, 1.54) is 0 Å². The van der Waals surface area contributed by atoms with Crippen LogP contribution in [0, 0.1) is 12.8 Å². The maximum atomic E-state index is 12.7. The number of aryl methyl sites for hydroxylation is 1. The van der Waals surface area contributed by atoms with Crippen molar-refractivity contribution >= 4 is 17.8 Å². The molecule has 1 aromatic carbocycles. The highest BCUT2D eigenvalue weighted by Gasteiger charge is 2.42. The molecule has 0 aliphatic carbocycles. The van der Waals surface area contributed by atoms with E-state index in [2.05, 4.69) is 22.2 Å². The fourth-order valence-corrected chi connectivity index (χ4v) is 3.25. The first kappa shape index (κ1) is 18.4. The third-order valence-corrected chi connectivity index (χ3v) is 4.86. The number of carbonyl (C=O) groups excluding carboxylic acids is 2. The van der Waals surface area contributed by atoms with Crippen molar-refractivity contribution in [1.82, 2.24) is 15.1 Å². The van der Waals surface area contributed by atoms with E-state index in [0.29, 0.717) is 5.96 Å². The van der Waals surface area contributed by atoms with E-state index in [1.54, 1.807) is 6.92 Å². The van der Waals surface area contributed by atoms with Crippen LogP contribution in [0.25, 0.3) is 0 Å². The molecule has 1 saturated heterocycles. The second-order valence-corrected chi connectivity index (χ2v) is 6.82. The van der Waals surface area contributed by atoms with Gasteiger partial charge in [-0.1, -0.05) is 29.8 Å². The van der Waals surface area contributed by atoms with Crippen molar-refractivity contribution in [3.63, 3.8) is 0 Å². The molecule has 26 heavy (non-hydrogen) atoms. The van der Waals surface area contributed by atoms with Crippen molar-refractivity contribution in [3.05, 3.63) is 35.4 Å². The van der Waals surface area contributed by atoms with E-state index >= 15 is 0 Å². The van der Waals surface area contributed by atoms with Crippen molar-refractivity contribution in [2.24, 2.45) is 10.9 Å². The molecule has 1 aromatic rings. The monoisotopic (exact) mass is 358 g/mol. The number of amides is 1. The van der Waals surface area contributed by atoms with Crippen molar-refractivity contribution in [3.8, 4) is 0 Å². The smallest absolute Gasteiger partial charge is 0.321 e. The normalized spacial score (nSPS) is 24.0. The molecule has 2 aliphatic heterocycles. The number of guanidine groups is 1. The summed E-state index contributed by atoms with van der Waals surface area (Å²) in [7, 11) is 2.07. The lowest BCUT2D eigenvalue weighted by atomic mass is 9.91. The van der Waals surface area contributed by atoms with Crippen molar-refractivity contribution in [1.29, 1.82) is 0 Å². The molecule has 2 aliphatic rings. The molecule has 7 nitrogen and oxygen atoms in total. The number of nitrogens with one attached hydrogen (secondary N) is 1. The van der Waals surface area contributed by atoms with Gasteiger partial charge in [0.05, 0.1) is 6.61 Å². The molecule has 2 heterocycles. The van der Waals surface area contributed by atoms with Gasteiger partial charge in [-0.3, -0.25) is 14.9 Å². The minimum atomic E-state index is -0.964. The summed E-state index contributed by atoms with van der Waals surface area (Å²) in [5.74, 6) is -1.29. The molecule has 1 amide bonds. The highest BCUT2D eigenvalue weighted by molar-refractivity contribution is 6.08. The Morgan fingerprint density at radius 3 is 2.50 bits per heavy atom. The van der Waals surface area contributed by atoms with E-state index in [1.807, 2.05) is 31.2 Å². The summed E-state index contributed by atoms with van der Waals surface area (Å²) in [5, 5.41) is 2.82. The molecule has 0 saturated carbocycles. The van der Waals surface area contributed by atoms with Gasteiger partial charge >= 0.3 is 5.97 Å². The number of nitrogens with zero attached hydrogens (tertiary/aromatic N) is 3. The lowest BCUT2D eigenvalue weighted by Crippen LogP contribution is -2.56. The number of piperazine rings is 1. The zero-order chi connectivity index (χ0) is 18.7. The predicted molar refractivity (Wildman–Crippen MR) is 98.7 cm³/mol. The van der Waals surface area contributed by atoms with Gasteiger partial charge in [0, 0.05) is 26.2 Å². The third kappa shape index (κ3) is 3.88. The van der Waals surface area contributed by atoms with Crippen LogP contribution < -0.4 is 5.32 Å². The first-order chi connectivity index (χ1) is 12.5. The molecular formula is C19H26N4O3. The summed E-state index contributed by atoms with van der Waals surface area (Å²) in [5.41, 5.74) is 1.96. The number of hydrogen-bond acceptors (Lipinski definition) is 6. The number of rotatable bonds is 3. The van der Waals surface area contributed by atoms with Gasteiger partial charge in [0.25, 0.3) is 0 Å². The summed E-state index contributed by atoms with van der Waals surface area (Å²) in [4.78, 5) is 34.2. The number of likely N-dealkylation sites (N-methyl/N-ethyl adjacent to an activating group) is 1. The zero-order valence-electron chi connectivity index (χ0n) is 15.6. The first-order valence-electron chi connectivity index (χ1n) is 9.05. The molecule has 2 unspecified atom stereocenters. The minimum absolute atomic E-state index is 0.234. The minimum Gasteiger partial charge on any atom is -0.465 e. The second-order valence-electron chi connectivity index (χ2n) is 6.82. The molecular weight excluding hydrogens is 332 g/mol. The molecule has 7 heteroatoms. The summed E-state index contributed by atoms with van der Waals surface area (Å²) < 4.78 is 5.13. The highest BCUT2D eigenvalue weighted by atomic mass is 16.5. The molecule has 3 rings (SSSR count). The Kier molecular flexibility index (Phi) is 5.56. The molecule has 0 radical (unpaired) electrons. The van der Waals surface area contributed by atoms with Crippen LogP contribution in [0.4, 0.5) is 0 Å². The van der Waals surface area contributed by atoms with Crippen LogP contribution in [0.5, 0.6) is 0 Å². The van der Waals surface area contributed by atoms with E-state index in [9.17, 15) is 9.59 Å². The number of ether oxygens (including phenoxy) is 1. The SMILES string of the molecule is CCOC(=O)C1C(=O)NC(N2CCN(C)CC2)=NC1c1ccc(C)cc1. The van der Waals surface area contributed by atoms with Crippen LogP contribution in [0.1, 0.15) is 24.1 Å². The third-order valence-electron chi connectivity index (χ3n) is 4.86. The van der Waals surface area contributed by atoms with Gasteiger partial charge in [-0.2, -0.15) is 0 Å². The molecule has 140 valence electrons. The number of esters is 1. The van der Waals surface area contributed by atoms with Crippen LogP contribution in [0.2, 0.25) is 0 Å². The highest BCUT2D eigenvalue weighted by Crippen LogP contribution is 2.31. The van der Waals surface area contributed by atoms with Crippen LogP contribution >= 0.6 is 0 Å². The second kappa shape index (κ2) is 7.86. The Balaban J connectivity index is 1.93. The number of carbonyl (C=O) groups is 2. The molecule has 0 bridgehead atoms. The van der Waals surface area contributed by atoms with Gasteiger partial charge < -0.3 is 14.5 Å². The molecule has 1 N–H and O–H groups in total. The van der Waals surface area contributed by atoms with Gasteiger partial charge in [-0.25, -0.2) is 4.99 Å². The van der Waals surface area contributed by atoms with Gasteiger partial charge in [-0.05, 0) is 26.5 Å².